The average molecular weight is 315 g/mol. The van der Waals surface area contributed by atoms with Gasteiger partial charge in [0.25, 0.3) is 0 Å². The van der Waals surface area contributed by atoms with Crippen molar-refractivity contribution in [1.29, 1.82) is 0 Å². The van der Waals surface area contributed by atoms with E-state index < -0.39 is 6.04 Å². The standard InChI is InChI=1S/C14H16Cl2N2O2/c1-8(13-9(15)3-2-4-10(13)16)7-17-14(20)11-5-6-12(19)18-11/h2-4,8,11H,5-7H2,1H3,(H,17,20)(H,18,19)/t8-,11+/m0/s1. The van der Waals surface area contributed by atoms with Crippen molar-refractivity contribution >= 4 is 35.0 Å². The Morgan fingerprint density at radius 2 is 2.10 bits per heavy atom. The zero-order valence-corrected chi connectivity index (χ0v) is 12.6. The third-order valence-corrected chi connectivity index (χ3v) is 4.05. The number of rotatable bonds is 4. The minimum Gasteiger partial charge on any atom is -0.354 e. The Labute approximate surface area is 127 Å². The summed E-state index contributed by atoms with van der Waals surface area (Å²) in [7, 11) is 0. The second-order valence-electron chi connectivity index (χ2n) is 4.94. The second kappa shape index (κ2) is 6.46. The van der Waals surface area contributed by atoms with Crippen LogP contribution in [0.2, 0.25) is 10.0 Å². The molecule has 20 heavy (non-hydrogen) atoms. The summed E-state index contributed by atoms with van der Waals surface area (Å²) in [6, 6.07) is 4.92. The number of halogens is 2. The normalized spacial score (nSPS) is 19.6. The van der Waals surface area contributed by atoms with Gasteiger partial charge in [0.2, 0.25) is 11.8 Å². The Hall–Kier alpha value is -1.26. The highest BCUT2D eigenvalue weighted by Gasteiger charge is 2.27. The molecule has 1 heterocycles. The molecule has 2 N–H and O–H groups in total. The highest BCUT2D eigenvalue weighted by atomic mass is 35.5. The molecular weight excluding hydrogens is 299 g/mol. The molecule has 0 saturated carbocycles. The van der Waals surface area contributed by atoms with Crippen molar-refractivity contribution in [2.75, 3.05) is 6.54 Å². The summed E-state index contributed by atoms with van der Waals surface area (Å²) in [5.41, 5.74) is 0.826. The lowest BCUT2D eigenvalue weighted by Crippen LogP contribution is -2.42. The molecule has 1 saturated heterocycles. The maximum Gasteiger partial charge on any atom is 0.242 e. The van der Waals surface area contributed by atoms with E-state index in [9.17, 15) is 9.59 Å². The van der Waals surface area contributed by atoms with Crippen LogP contribution in [-0.2, 0) is 9.59 Å². The van der Waals surface area contributed by atoms with Gasteiger partial charge in [-0.1, -0.05) is 36.2 Å². The fourth-order valence-corrected chi connectivity index (χ4v) is 3.04. The Bertz CT molecular complexity index is 514. The van der Waals surface area contributed by atoms with Crippen LogP contribution in [0.4, 0.5) is 0 Å². The van der Waals surface area contributed by atoms with Crippen LogP contribution in [0.5, 0.6) is 0 Å². The van der Waals surface area contributed by atoms with Gasteiger partial charge in [-0.15, -0.1) is 0 Å². The maximum absolute atomic E-state index is 11.9. The van der Waals surface area contributed by atoms with Crippen LogP contribution in [0.15, 0.2) is 18.2 Å². The molecule has 0 spiro atoms. The number of benzene rings is 1. The van der Waals surface area contributed by atoms with Crippen molar-refractivity contribution in [3.05, 3.63) is 33.8 Å². The summed E-state index contributed by atoms with van der Waals surface area (Å²) in [5, 5.41) is 6.65. The van der Waals surface area contributed by atoms with Gasteiger partial charge >= 0.3 is 0 Å². The van der Waals surface area contributed by atoms with Gasteiger partial charge in [0.15, 0.2) is 0 Å². The van der Waals surface area contributed by atoms with Crippen LogP contribution in [0.25, 0.3) is 0 Å². The van der Waals surface area contributed by atoms with Crippen molar-refractivity contribution < 1.29 is 9.59 Å². The van der Waals surface area contributed by atoms with Crippen molar-refractivity contribution in [3.63, 3.8) is 0 Å². The Balaban J connectivity index is 1.93. The topological polar surface area (TPSA) is 58.2 Å². The van der Waals surface area contributed by atoms with Gasteiger partial charge in [0.1, 0.15) is 6.04 Å². The molecule has 0 aromatic heterocycles. The van der Waals surface area contributed by atoms with E-state index in [1.807, 2.05) is 6.92 Å². The molecule has 2 atom stereocenters. The van der Waals surface area contributed by atoms with E-state index in [1.165, 1.54) is 0 Å². The number of carbonyl (C=O) groups is 2. The van der Waals surface area contributed by atoms with Crippen molar-refractivity contribution in [1.82, 2.24) is 10.6 Å². The third kappa shape index (κ3) is 3.44. The number of nitrogens with one attached hydrogen (secondary N) is 2. The molecule has 2 rings (SSSR count). The summed E-state index contributed by atoms with van der Waals surface area (Å²) >= 11 is 12.3. The third-order valence-electron chi connectivity index (χ3n) is 3.39. The van der Waals surface area contributed by atoms with Crippen LogP contribution in [0, 0.1) is 0 Å². The molecule has 1 fully saturated rings. The predicted octanol–water partition coefficient (Wildman–Crippen LogP) is 2.49. The Kier molecular flexibility index (Phi) is 4.89. The van der Waals surface area contributed by atoms with E-state index >= 15 is 0 Å². The van der Waals surface area contributed by atoms with Gasteiger partial charge in [-0.05, 0) is 24.1 Å². The Morgan fingerprint density at radius 1 is 1.45 bits per heavy atom. The van der Waals surface area contributed by atoms with Crippen LogP contribution in [-0.4, -0.2) is 24.4 Å². The molecule has 0 aliphatic carbocycles. The van der Waals surface area contributed by atoms with Crippen LogP contribution < -0.4 is 10.6 Å². The van der Waals surface area contributed by atoms with E-state index in [0.717, 1.165) is 5.56 Å². The lowest BCUT2D eigenvalue weighted by molar-refractivity contribution is -0.125. The summed E-state index contributed by atoms with van der Waals surface area (Å²) < 4.78 is 0. The fourth-order valence-electron chi connectivity index (χ4n) is 2.27. The molecule has 108 valence electrons. The monoisotopic (exact) mass is 314 g/mol. The first-order valence-corrected chi connectivity index (χ1v) is 7.25. The molecule has 1 aliphatic rings. The Morgan fingerprint density at radius 3 is 2.65 bits per heavy atom. The quantitative estimate of drug-likeness (QED) is 0.897. The molecule has 2 amide bonds. The van der Waals surface area contributed by atoms with Gasteiger partial charge in [0, 0.05) is 28.9 Å². The summed E-state index contributed by atoms with van der Waals surface area (Å²) in [4.78, 5) is 23.0. The molecule has 0 unspecified atom stereocenters. The summed E-state index contributed by atoms with van der Waals surface area (Å²) in [5.74, 6) is -0.240. The van der Waals surface area contributed by atoms with E-state index in [2.05, 4.69) is 10.6 Å². The van der Waals surface area contributed by atoms with Crippen LogP contribution in [0.3, 0.4) is 0 Å². The molecular formula is C14H16Cl2N2O2. The number of hydrogen-bond acceptors (Lipinski definition) is 2. The predicted molar refractivity (Wildman–Crippen MR) is 79.1 cm³/mol. The van der Waals surface area contributed by atoms with Gasteiger partial charge in [0.05, 0.1) is 0 Å². The highest BCUT2D eigenvalue weighted by Crippen LogP contribution is 2.30. The van der Waals surface area contributed by atoms with Gasteiger partial charge < -0.3 is 10.6 Å². The molecule has 4 nitrogen and oxygen atoms in total. The molecule has 1 aromatic carbocycles. The van der Waals surface area contributed by atoms with Gasteiger partial charge in [-0.25, -0.2) is 0 Å². The first kappa shape index (κ1) is 15.1. The van der Waals surface area contributed by atoms with Crippen LogP contribution >= 0.6 is 23.2 Å². The first-order chi connectivity index (χ1) is 9.49. The largest absolute Gasteiger partial charge is 0.354 e. The lowest BCUT2D eigenvalue weighted by Gasteiger charge is -2.17. The maximum atomic E-state index is 11.9. The van der Waals surface area contributed by atoms with Gasteiger partial charge in [-0.2, -0.15) is 0 Å². The second-order valence-corrected chi connectivity index (χ2v) is 5.75. The number of carbonyl (C=O) groups excluding carboxylic acids is 2. The minimum absolute atomic E-state index is 0.00254. The zero-order chi connectivity index (χ0) is 14.7. The molecule has 1 aromatic rings. The molecule has 0 bridgehead atoms. The van der Waals surface area contributed by atoms with E-state index in [-0.39, 0.29) is 17.7 Å². The zero-order valence-electron chi connectivity index (χ0n) is 11.1. The van der Waals surface area contributed by atoms with E-state index in [1.54, 1.807) is 18.2 Å². The van der Waals surface area contributed by atoms with E-state index in [0.29, 0.717) is 29.4 Å². The lowest BCUT2D eigenvalue weighted by atomic mass is 10.0. The van der Waals surface area contributed by atoms with Crippen molar-refractivity contribution in [2.24, 2.45) is 0 Å². The number of hydrogen-bond donors (Lipinski definition) is 2. The molecule has 6 heteroatoms. The summed E-state index contributed by atoms with van der Waals surface area (Å²) in [6.07, 6.45) is 0.954. The smallest absolute Gasteiger partial charge is 0.242 e. The number of amides is 2. The highest BCUT2D eigenvalue weighted by molar-refractivity contribution is 6.36. The van der Waals surface area contributed by atoms with Crippen molar-refractivity contribution in [2.45, 2.75) is 31.7 Å². The molecule has 1 aliphatic heterocycles. The minimum atomic E-state index is -0.420. The van der Waals surface area contributed by atoms with Crippen LogP contribution in [0.1, 0.15) is 31.2 Å². The fraction of sp³-hybridized carbons (Fsp3) is 0.429. The SMILES string of the molecule is C[C@@H](CNC(=O)[C@H]1CCC(=O)N1)c1c(Cl)cccc1Cl. The van der Waals surface area contributed by atoms with E-state index in [4.69, 9.17) is 23.2 Å². The molecule has 0 radical (unpaired) electrons. The van der Waals surface area contributed by atoms with Crippen molar-refractivity contribution in [3.8, 4) is 0 Å². The van der Waals surface area contributed by atoms with Gasteiger partial charge in [-0.3, -0.25) is 9.59 Å². The average Bonchev–Trinajstić information content (AvgIpc) is 2.82. The summed E-state index contributed by atoms with van der Waals surface area (Å²) in [6.45, 7) is 2.37. The first-order valence-electron chi connectivity index (χ1n) is 6.50.